The van der Waals surface area contributed by atoms with Crippen molar-refractivity contribution < 1.29 is 19.7 Å². The lowest BCUT2D eigenvalue weighted by molar-refractivity contribution is -0.132. The Morgan fingerprint density at radius 3 is 2.55 bits per heavy atom. The summed E-state index contributed by atoms with van der Waals surface area (Å²) in [6.45, 7) is 1.94. The van der Waals surface area contributed by atoms with Crippen LogP contribution in [0.3, 0.4) is 0 Å². The lowest BCUT2D eigenvalue weighted by Gasteiger charge is -2.24. The Labute approximate surface area is 128 Å². The molecule has 4 heteroatoms. The van der Waals surface area contributed by atoms with E-state index in [9.17, 15) is 9.90 Å². The molecule has 3 rings (SSSR count). The fourth-order valence-electron chi connectivity index (χ4n) is 2.72. The first-order valence-electron chi connectivity index (χ1n) is 7.09. The summed E-state index contributed by atoms with van der Waals surface area (Å²) in [5.41, 5.74) is 1.53. The highest BCUT2D eigenvalue weighted by atomic mass is 16.5. The third kappa shape index (κ3) is 2.55. The van der Waals surface area contributed by atoms with Crippen LogP contribution >= 0.6 is 0 Å². The van der Waals surface area contributed by atoms with Gasteiger partial charge in [0.1, 0.15) is 17.3 Å². The predicted octanol–water partition coefficient (Wildman–Crippen LogP) is 4.34. The minimum atomic E-state index is -1.07. The molecule has 0 aliphatic heterocycles. The largest absolute Gasteiger partial charge is 0.507 e. The Bertz CT molecular complexity index is 747. The molecule has 0 spiro atoms. The van der Waals surface area contributed by atoms with Crippen molar-refractivity contribution in [1.29, 1.82) is 0 Å². The van der Waals surface area contributed by atoms with Gasteiger partial charge in [-0.15, -0.1) is 0 Å². The standard InChI is InChI=1S/C18H16O4/c1-11-9-16(18(20)21)17(19)14-8-7-13(10-15(11)14)22-12-5-3-2-4-6-12/h2-8,10-11,19H,9H2,1H3,(H,20,21). The summed E-state index contributed by atoms with van der Waals surface area (Å²) < 4.78 is 5.79. The van der Waals surface area contributed by atoms with Crippen molar-refractivity contribution in [2.45, 2.75) is 19.3 Å². The number of para-hydroxylation sites is 1. The number of hydrogen-bond donors (Lipinski definition) is 2. The van der Waals surface area contributed by atoms with Gasteiger partial charge >= 0.3 is 5.97 Å². The second kappa shape index (κ2) is 5.56. The number of ether oxygens (including phenoxy) is 1. The molecular weight excluding hydrogens is 280 g/mol. The molecule has 0 fully saturated rings. The molecular formula is C18H16O4. The minimum Gasteiger partial charge on any atom is -0.507 e. The number of carbonyl (C=O) groups is 1. The Kier molecular flexibility index (Phi) is 3.59. The molecule has 0 aromatic heterocycles. The number of aliphatic hydroxyl groups is 1. The van der Waals surface area contributed by atoms with Gasteiger partial charge in [0.2, 0.25) is 0 Å². The number of hydrogen-bond acceptors (Lipinski definition) is 3. The first-order chi connectivity index (χ1) is 10.6. The van der Waals surface area contributed by atoms with Gasteiger partial charge in [0.15, 0.2) is 0 Å². The minimum absolute atomic E-state index is 0.0105. The second-order valence-corrected chi connectivity index (χ2v) is 5.40. The number of carboxylic acids is 1. The molecule has 1 aliphatic carbocycles. The summed E-state index contributed by atoms with van der Waals surface area (Å²) in [5.74, 6) is 0.197. The first-order valence-corrected chi connectivity index (χ1v) is 7.09. The van der Waals surface area contributed by atoms with Gasteiger partial charge in [-0.2, -0.15) is 0 Å². The number of benzene rings is 2. The Balaban J connectivity index is 1.98. The van der Waals surface area contributed by atoms with Gasteiger partial charge in [-0.3, -0.25) is 0 Å². The quantitative estimate of drug-likeness (QED) is 0.884. The highest BCUT2D eigenvalue weighted by Crippen LogP contribution is 2.39. The zero-order chi connectivity index (χ0) is 15.7. The fourth-order valence-corrected chi connectivity index (χ4v) is 2.72. The lowest BCUT2D eigenvalue weighted by atomic mass is 9.83. The second-order valence-electron chi connectivity index (χ2n) is 5.40. The van der Waals surface area contributed by atoms with Crippen molar-refractivity contribution >= 4 is 11.7 Å². The lowest BCUT2D eigenvalue weighted by Crippen LogP contribution is -2.14. The van der Waals surface area contributed by atoms with Crippen LogP contribution in [0.2, 0.25) is 0 Å². The molecule has 2 N–H and O–H groups in total. The highest BCUT2D eigenvalue weighted by molar-refractivity contribution is 5.96. The maximum absolute atomic E-state index is 11.2. The van der Waals surface area contributed by atoms with Crippen LogP contribution in [-0.2, 0) is 4.79 Å². The van der Waals surface area contributed by atoms with Crippen LogP contribution < -0.4 is 4.74 Å². The van der Waals surface area contributed by atoms with Gasteiger partial charge in [-0.25, -0.2) is 4.79 Å². The van der Waals surface area contributed by atoms with Gasteiger partial charge < -0.3 is 14.9 Å². The summed E-state index contributed by atoms with van der Waals surface area (Å²) in [7, 11) is 0. The van der Waals surface area contributed by atoms with E-state index in [1.165, 1.54) is 0 Å². The molecule has 22 heavy (non-hydrogen) atoms. The van der Waals surface area contributed by atoms with Crippen LogP contribution in [0.1, 0.15) is 30.4 Å². The third-order valence-electron chi connectivity index (χ3n) is 3.84. The summed E-state index contributed by atoms with van der Waals surface area (Å²) >= 11 is 0. The van der Waals surface area contributed by atoms with E-state index >= 15 is 0 Å². The Morgan fingerprint density at radius 1 is 1.14 bits per heavy atom. The fraction of sp³-hybridized carbons (Fsp3) is 0.167. The number of aliphatic hydroxyl groups excluding tert-OH is 1. The van der Waals surface area contributed by atoms with Gasteiger partial charge in [0, 0.05) is 5.56 Å². The zero-order valence-electron chi connectivity index (χ0n) is 12.1. The number of rotatable bonds is 3. The maximum Gasteiger partial charge on any atom is 0.335 e. The number of aliphatic carboxylic acids is 1. The monoisotopic (exact) mass is 296 g/mol. The Morgan fingerprint density at radius 2 is 1.86 bits per heavy atom. The van der Waals surface area contributed by atoms with Crippen LogP contribution in [0.25, 0.3) is 5.76 Å². The van der Waals surface area contributed by atoms with Crippen LogP contribution in [0.5, 0.6) is 11.5 Å². The topological polar surface area (TPSA) is 66.8 Å². The van der Waals surface area contributed by atoms with Crippen LogP contribution in [0.4, 0.5) is 0 Å². The summed E-state index contributed by atoms with van der Waals surface area (Å²) in [6, 6.07) is 14.7. The van der Waals surface area contributed by atoms with Crippen LogP contribution in [-0.4, -0.2) is 16.2 Å². The van der Waals surface area contributed by atoms with Gasteiger partial charge in [-0.05, 0) is 48.2 Å². The van der Waals surface area contributed by atoms with Crippen molar-refractivity contribution in [3.63, 3.8) is 0 Å². The van der Waals surface area contributed by atoms with Gasteiger partial charge in [-0.1, -0.05) is 25.1 Å². The van der Waals surface area contributed by atoms with E-state index in [-0.39, 0.29) is 17.3 Å². The van der Waals surface area contributed by atoms with Crippen molar-refractivity contribution in [3.8, 4) is 11.5 Å². The van der Waals surface area contributed by atoms with Crippen molar-refractivity contribution in [2.24, 2.45) is 0 Å². The SMILES string of the molecule is CC1CC(C(=O)O)=C(O)c2ccc(Oc3ccccc3)cc21. The van der Waals surface area contributed by atoms with Gasteiger partial charge in [0.05, 0.1) is 5.57 Å². The van der Waals surface area contributed by atoms with Crippen molar-refractivity contribution in [2.75, 3.05) is 0 Å². The number of carboxylic acid groups (broad SMARTS) is 1. The highest BCUT2D eigenvalue weighted by Gasteiger charge is 2.28. The summed E-state index contributed by atoms with van der Waals surface area (Å²) in [6.07, 6.45) is 0.308. The molecule has 0 amide bonds. The molecule has 0 radical (unpaired) electrons. The van der Waals surface area contributed by atoms with E-state index in [1.807, 2.05) is 43.3 Å². The molecule has 0 bridgehead atoms. The van der Waals surface area contributed by atoms with Gasteiger partial charge in [0.25, 0.3) is 0 Å². The molecule has 112 valence electrons. The molecule has 1 unspecified atom stereocenters. The predicted molar refractivity (Wildman–Crippen MR) is 83.2 cm³/mol. The molecule has 0 saturated carbocycles. The van der Waals surface area contributed by atoms with E-state index in [4.69, 9.17) is 9.84 Å². The average Bonchev–Trinajstić information content (AvgIpc) is 2.51. The molecule has 4 nitrogen and oxygen atoms in total. The summed E-state index contributed by atoms with van der Waals surface area (Å²) in [5, 5.41) is 19.3. The van der Waals surface area contributed by atoms with Crippen molar-refractivity contribution in [1.82, 2.24) is 0 Å². The van der Waals surface area contributed by atoms with E-state index in [1.54, 1.807) is 12.1 Å². The maximum atomic E-state index is 11.2. The van der Waals surface area contributed by atoms with Crippen LogP contribution in [0.15, 0.2) is 54.1 Å². The smallest absolute Gasteiger partial charge is 0.335 e. The van der Waals surface area contributed by atoms with E-state index < -0.39 is 5.97 Å². The molecule has 1 aliphatic rings. The zero-order valence-corrected chi connectivity index (χ0v) is 12.1. The van der Waals surface area contributed by atoms with E-state index in [0.717, 1.165) is 11.3 Å². The van der Waals surface area contributed by atoms with Crippen molar-refractivity contribution in [3.05, 3.63) is 65.2 Å². The molecule has 2 aromatic carbocycles. The van der Waals surface area contributed by atoms with E-state index in [0.29, 0.717) is 17.7 Å². The normalized spacial score (nSPS) is 17.0. The molecule has 1 atom stereocenters. The average molecular weight is 296 g/mol. The first kappa shape index (κ1) is 14.2. The molecule has 2 aromatic rings. The molecule has 0 heterocycles. The van der Waals surface area contributed by atoms with E-state index in [2.05, 4.69) is 0 Å². The Hall–Kier alpha value is -2.75. The molecule has 0 saturated heterocycles. The third-order valence-corrected chi connectivity index (χ3v) is 3.84. The number of fused-ring (bicyclic) bond motifs is 1. The summed E-state index contributed by atoms with van der Waals surface area (Å²) in [4.78, 5) is 11.2. The van der Waals surface area contributed by atoms with Crippen LogP contribution in [0, 0.1) is 0 Å².